The van der Waals surface area contributed by atoms with Gasteiger partial charge < -0.3 is 14.2 Å². The minimum atomic E-state index is -4.56. The van der Waals surface area contributed by atoms with E-state index >= 15 is 0 Å². The number of benzene rings is 1. The Hall–Kier alpha value is -2.74. The van der Waals surface area contributed by atoms with Crippen LogP contribution in [0.3, 0.4) is 0 Å². The molecule has 0 aliphatic rings. The van der Waals surface area contributed by atoms with Gasteiger partial charge in [0, 0.05) is 6.07 Å². The van der Waals surface area contributed by atoms with Crippen LogP contribution in [0.15, 0.2) is 48.7 Å². The van der Waals surface area contributed by atoms with Gasteiger partial charge in [-0.1, -0.05) is 30.3 Å². The first-order valence-corrected chi connectivity index (χ1v) is 7.43. The van der Waals surface area contributed by atoms with Gasteiger partial charge in [-0.2, -0.15) is 13.2 Å². The summed E-state index contributed by atoms with van der Waals surface area (Å²) >= 11 is 0. The van der Waals surface area contributed by atoms with Crippen LogP contribution in [0.4, 0.5) is 13.2 Å². The maximum Gasteiger partial charge on any atom is 0.433 e. The van der Waals surface area contributed by atoms with Gasteiger partial charge >= 0.3 is 12.1 Å². The lowest BCUT2D eigenvalue weighted by Gasteiger charge is -2.13. The number of aromatic nitrogens is 1. The van der Waals surface area contributed by atoms with Crippen LogP contribution < -0.4 is 4.74 Å². The molecule has 0 spiro atoms. The van der Waals surface area contributed by atoms with Gasteiger partial charge in [-0.05, 0) is 17.2 Å². The predicted octanol–water partition coefficient (Wildman–Crippen LogP) is 4.26. The molecule has 0 radical (unpaired) electrons. The number of alkyl halides is 3. The molecule has 2 aromatic rings. The molecule has 2 rings (SSSR count). The minimum Gasteiger partial charge on any atom is -0.503 e. The topological polar surface area (TPSA) is 57.7 Å². The number of ether oxygens (including phenoxy) is 3. The van der Waals surface area contributed by atoms with E-state index in [1.807, 2.05) is 0 Å². The quantitative estimate of drug-likeness (QED) is 0.410. The molecule has 0 unspecified atom stereocenters. The standard InChI is InChI=1S/C18H16F3NO4.ClH/c1-24-11-14(17(23)25-2)13-7-4-3-6-12(13)10-26-16-9-5-8-15(22-16)18(19,20)21;/h3-9,11H,10H2,1-2H3;1H/b14-11+;. The van der Waals surface area contributed by atoms with Crippen molar-refractivity contribution < 1.29 is 32.2 Å². The van der Waals surface area contributed by atoms with E-state index in [1.165, 1.54) is 32.6 Å². The Labute approximate surface area is 160 Å². The first kappa shape index (κ1) is 22.3. The first-order chi connectivity index (χ1) is 12.4. The van der Waals surface area contributed by atoms with Crippen molar-refractivity contribution >= 4 is 23.9 Å². The molecule has 9 heteroatoms. The van der Waals surface area contributed by atoms with E-state index < -0.39 is 17.8 Å². The highest BCUT2D eigenvalue weighted by Crippen LogP contribution is 2.29. The van der Waals surface area contributed by atoms with Crippen LogP contribution in [-0.2, 0) is 27.1 Å². The van der Waals surface area contributed by atoms with Crippen molar-refractivity contribution in [3.63, 3.8) is 0 Å². The zero-order valence-electron chi connectivity index (χ0n) is 14.4. The number of esters is 1. The van der Waals surface area contributed by atoms with E-state index in [0.29, 0.717) is 11.1 Å². The number of halogens is 4. The van der Waals surface area contributed by atoms with Crippen molar-refractivity contribution in [2.75, 3.05) is 14.2 Å². The Morgan fingerprint density at radius 1 is 1.11 bits per heavy atom. The maximum atomic E-state index is 12.7. The summed E-state index contributed by atoms with van der Waals surface area (Å²) in [4.78, 5) is 15.4. The molecule has 0 bridgehead atoms. The van der Waals surface area contributed by atoms with E-state index in [2.05, 4.69) is 4.98 Å². The van der Waals surface area contributed by atoms with Crippen LogP contribution in [0.25, 0.3) is 5.57 Å². The van der Waals surface area contributed by atoms with Crippen LogP contribution >= 0.6 is 12.4 Å². The maximum absolute atomic E-state index is 12.7. The second-order valence-electron chi connectivity index (χ2n) is 5.06. The highest BCUT2D eigenvalue weighted by molar-refractivity contribution is 6.16. The Morgan fingerprint density at radius 2 is 1.81 bits per heavy atom. The van der Waals surface area contributed by atoms with Crippen LogP contribution in [0.2, 0.25) is 0 Å². The zero-order chi connectivity index (χ0) is 19.2. The fourth-order valence-electron chi connectivity index (χ4n) is 2.16. The molecule has 0 aliphatic carbocycles. The molecule has 1 aromatic carbocycles. The number of hydrogen-bond donors (Lipinski definition) is 0. The molecule has 0 N–H and O–H groups in total. The SMILES string of the molecule is CO/C=C(/C(=O)OC)c1ccccc1COc1cccc(C(F)(F)F)n1.Cl. The van der Waals surface area contributed by atoms with Gasteiger partial charge in [0.15, 0.2) is 0 Å². The van der Waals surface area contributed by atoms with Crippen molar-refractivity contribution in [3.05, 3.63) is 65.5 Å². The molecule has 0 saturated heterocycles. The van der Waals surface area contributed by atoms with Gasteiger partial charge in [0.05, 0.1) is 20.5 Å². The average molecular weight is 404 g/mol. The fraction of sp³-hybridized carbons (Fsp3) is 0.222. The van der Waals surface area contributed by atoms with Crippen LogP contribution in [0.1, 0.15) is 16.8 Å². The van der Waals surface area contributed by atoms with Crippen LogP contribution in [0, 0.1) is 0 Å². The van der Waals surface area contributed by atoms with Gasteiger partial charge in [0.1, 0.15) is 17.9 Å². The minimum absolute atomic E-state index is 0. The van der Waals surface area contributed by atoms with Crippen molar-refractivity contribution in [2.24, 2.45) is 0 Å². The van der Waals surface area contributed by atoms with E-state index in [4.69, 9.17) is 14.2 Å². The smallest absolute Gasteiger partial charge is 0.433 e. The summed E-state index contributed by atoms with van der Waals surface area (Å²) < 4.78 is 53.2. The number of rotatable bonds is 6. The van der Waals surface area contributed by atoms with Gasteiger partial charge in [-0.15, -0.1) is 12.4 Å². The molecule has 0 atom stereocenters. The van der Waals surface area contributed by atoms with E-state index in [0.717, 1.165) is 6.07 Å². The van der Waals surface area contributed by atoms with E-state index in [-0.39, 0.29) is 30.5 Å². The molecule has 1 aromatic heterocycles. The average Bonchev–Trinajstić information content (AvgIpc) is 2.64. The van der Waals surface area contributed by atoms with Crippen LogP contribution in [-0.4, -0.2) is 25.2 Å². The molecule has 1 heterocycles. The Balaban J connectivity index is 0.00000364. The second-order valence-corrected chi connectivity index (χ2v) is 5.06. The summed E-state index contributed by atoms with van der Waals surface area (Å²) in [6.45, 7) is -0.0947. The summed E-state index contributed by atoms with van der Waals surface area (Å²) in [5, 5.41) is 0. The summed E-state index contributed by atoms with van der Waals surface area (Å²) in [6.07, 6.45) is -3.33. The number of nitrogens with zero attached hydrogens (tertiary/aromatic N) is 1. The molecule has 0 aliphatic heterocycles. The number of methoxy groups -OCH3 is 2. The first-order valence-electron chi connectivity index (χ1n) is 7.43. The van der Waals surface area contributed by atoms with Gasteiger partial charge in [0.2, 0.25) is 5.88 Å². The van der Waals surface area contributed by atoms with Gasteiger partial charge in [0.25, 0.3) is 0 Å². The highest BCUT2D eigenvalue weighted by atomic mass is 35.5. The van der Waals surface area contributed by atoms with Crippen molar-refractivity contribution in [1.82, 2.24) is 4.98 Å². The molecule has 0 saturated carbocycles. The third kappa shape index (κ3) is 5.89. The largest absolute Gasteiger partial charge is 0.503 e. The third-order valence-electron chi connectivity index (χ3n) is 3.34. The lowest BCUT2D eigenvalue weighted by molar-refractivity contribution is -0.141. The van der Waals surface area contributed by atoms with Crippen molar-refractivity contribution in [1.29, 1.82) is 0 Å². The lowest BCUT2D eigenvalue weighted by Crippen LogP contribution is -2.10. The normalized spacial score (nSPS) is 11.4. The second kappa shape index (κ2) is 9.82. The fourth-order valence-corrected chi connectivity index (χ4v) is 2.16. The van der Waals surface area contributed by atoms with Crippen LogP contribution in [0.5, 0.6) is 5.88 Å². The Morgan fingerprint density at radius 3 is 2.44 bits per heavy atom. The summed E-state index contributed by atoms with van der Waals surface area (Å²) in [6, 6.07) is 10.1. The predicted molar refractivity (Wildman–Crippen MR) is 94.3 cm³/mol. The lowest BCUT2D eigenvalue weighted by atomic mass is 10.0. The molecule has 0 fully saturated rings. The summed E-state index contributed by atoms with van der Waals surface area (Å²) in [7, 11) is 2.62. The van der Waals surface area contributed by atoms with E-state index in [1.54, 1.807) is 24.3 Å². The monoisotopic (exact) mass is 403 g/mol. The zero-order valence-corrected chi connectivity index (χ0v) is 15.3. The molecular formula is C18H17ClF3NO4. The Kier molecular flexibility index (Phi) is 8.11. The molecule has 146 valence electrons. The molecular weight excluding hydrogens is 387 g/mol. The third-order valence-corrected chi connectivity index (χ3v) is 3.34. The summed E-state index contributed by atoms with van der Waals surface area (Å²) in [5.41, 5.74) is 0.151. The Bertz CT molecular complexity index is 809. The van der Waals surface area contributed by atoms with Gasteiger partial charge in [-0.3, -0.25) is 0 Å². The number of pyridine rings is 1. The summed E-state index contributed by atoms with van der Waals surface area (Å²) in [5.74, 6) is -0.790. The highest BCUT2D eigenvalue weighted by Gasteiger charge is 2.32. The van der Waals surface area contributed by atoms with Gasteiger partial charge in [-0.25, -0.2) is 9.78 Å². The molecule has 27 heavy (non-hydrogen) atoms. The number of carbonyl (C=O) groups is 1. The number of hydrogen-bond acceptors (Lipinski definition) is 5. The van der Waals surface area contributed by atoms with E-state index in [9.17, 15) is 18.0 Å². The molecule has 5 nitrogen and oxygen atoms in total. The van der Waals surface area contributed by atoms with Crippen molar-refractivity contribution in [2.45, 2.75) is 12.8 Å². The van der Waals surface area contributed by atoms with Crippen molar-refractivity contribution in [3.8, 4) is 5.88 Å². The molecule has 0 amide bonds. The number of carbonyl (C=O) groups excluding carboxylic acids is 1.